The Morgan fingerprint density at radius 1 is 1.38 bits per heavy atom. The first-order valence-electron chi connectivity index (χ1n) is 4.62. The maximum absolute atomic E-state index is 5.71. The van der Waals surface area contributed by atoms with Gasteiger partial charge in [-0.05, 0) is 12.8 Å². The van der Waals surface area contributed by atoms with Crippen molar-refractivity contribution in [3.63, 3.8) is 0 Å². The van der Waals surface area contributed by atoms with Gasteiger partial charge in [-0.3, -0.25) is 0 Å². The Kier molecular flexibility index (Phi) is 3.49. The Morgan fingerprint density at radius 2 is 2.15 bits per heavy atom. The number of anilines is 2. The van der Waals surface area contributed by atoms with Crippen molar-refractivity contribution < 1.29 is 0 Å². The van der Waals surface area contributed by atoms with Crippen LogP contribution in [0.5, 0.6) is 0 Å². The molecule has 1 aromatic rings. The summed E-state index contributed by atoms with van der Waals surface area (Å²) in [6.45, 7) is 5.08. The molecular weight excluding hydrogens is 164 g/mol. The van der Waals surface area contributed by atoms with Crippen LogP contribution in [-0.4, -0.2) is 16.5 Å². The number of rotatable bonds is 4. The van der Waals surface area contributed by atoms with Crippen LogP contribution in [0.15, 0.2) is 6.33 Å². The van der Waals surface area contributed by atoms with Crippen molar-refractivity contribution in [3.05, 3.63) is 11.9 Å². The summed E-state index contributed by atoms with van der Waals surface area (Å²) in [7, 11) is 0. The Morgan fingerprint density at radius 3 is 2.77 bits per heavy atom. The molecule has 0 amide bonds. The first kappa shape index (κ1) is 9.77. The fourth-order valence-corrected chi connectivity index (χ4v) is 1.17. The van der Waals surface area contributed by atoms with E-state index >= 15 is 0 Å². The Hall–Kier alpha value is -1.32. The summed E-state index contributed by atoms with van der Waals surface area (Å²) >= 11 is 0. The third-order valence-corrected chi connectivity index (χ3v) is 1.87. The number of nitrogens with two attached hydrogens (primary N) is 1. The molecule has 4 heteroatoms. The molecular formula is C9H16N4. The van der Waals surface area contributed by atoms with E-state index in [0.29, 0.717) is 5.82 Å². The monoisotopic (exact) mass is 180 g/mol. The predicted octanol–water partition coefficient (Wildman–Crippen LogP) is 1.44. The van der Waals surface area contributed by atoms with E-state index in [2.05, 4.69) is 22.2 Å². The minimum absolute atomic E-state index is 0.580. The second-order valence-electron chi connectivity index (χ2n) is 2.87. The van der Waals surface area contributed by atoms with Crippen LogP contribution in [0, 0.1) is 0 Å². The van der Waals surface area contributed by atoms with Crippen molar-refractivity contribution in [1.29, 1.82) is 0 Å². The zero-order valence-electron chi connectivity index (χ0n) is 8.17. The van der Waals surface area contributed by atoms with Gasteiger partial charge in [-0.15, -0.1) is 0 Å². The van der Waals surface area contributed by atoms with Crippen molar-refractivity contribution in [3.8, 4) is 0 Å². The summed E-state index contributed by atoms with van der Waals surface area (Å²) < 4.78 is 0. The van der Waals surface area contributed by atoms with E-state index in [1.54, 1.807) is 0 Å². The first-order valence-corrected chi connectivity index (χ1v) is 4.62. The van der Waals surface area contributed by atoms with E-state index in [1.807, 2.05) is 6.92 Å². The fourth-order valence-electron chi connectivity index (χ4n) is 1.17. The van der Waals surface area contributed by atoms with Gasteiger partial charge >= 0.3 is 0 Å². The Labute approximate surface area is 78.6 Å². The van der Waals surface area contributed by atoms with Crippen LogP contribution >= 0.6 is 0 Å². The summed E-state index contributed by atoms with van der Waals surface area (Å²) in [5.41, 5.74) is 6.72. The van der Waals surface area contributed by atoms with Crippen molar-refractivity contribution in [1.82, 2.24) is 9.97 Å². The average Bonchev–Trinajstić information content (AvgIpc) is 2.15. The second kappa shape index (κ2) is 4.64. The van der Waals surface area contributed by atoms with Crippen LogP contribution in [0.25, 0.3) is 0 Å². The number of aromatic nitrogens is 2. The molecule has 4 nitrogen and oxygen atoms in total. The molecule has 0 fully saturated rings. The molecule has 1 aromatic heterocycles. The summed E-state index contributed by atoms with van der Waals surface area (Å²) in [5, 5.41) is 3.22. The van der Waals surface area contributed by atoms with E-state index in [4.69, 9.17) is 5.73 Å². The maximum Gasteiger partial charge on any atom is 0.134 e. The molecule has 72 valence electrons. The van der Waals surface area contributed by atoms with Gasteiger partial charge in [0.05, 0.1) is 0 Å². The quantitative estimate of drug-likeness (QED) is 0.736. The highest BCUT2D eigenvalue weighted by molar-refractivity contribution is 5.54. The minimum atomic E-state index is 0.580. The standard InChI is InChI=1S/C9H16N4/c1-3-5-11-9-7(4-2)8(10)12-6-13-9/h6H,3-5H2,1-2H3,(H3,10,11,12,13). The topological polar surface area (TPSA) is 63.8 Å². The van der Waals surface area contributed by atoms with Crippen LogP contribution in [0.1, 0.15) is 25.8 Å². The molecule has 0 radical (unpaired) electrons. The fraction of sp³-hybridized carbons (Fsp3) is 0.556. The summed E-state index contributed by atoms with van der Waals surface area (Å²) in [4.78, 5) is 8.09. The van der Waals surface area contributed by atoms with Crippen LogP contribution < -0.4 is 11.1 Å². The molecule has 0 bridgehead atoms. The van der Waals surface area contributed by atoms with Gasteiger partial charge in [0.2, 0.25) is 0 Å². The molecule has 0 saturated heterocycles. The van der Waals surface area contributed by atoms with Gasteiger partial charge in [0.25, 0.3) is 0 Å². The van der Waals surface area contributed by atoms with E-state index in [0.717, 1.165) is 30.8 Å². The molecule has 1 rings (SSSR count). The van der Waals surface area contributed by atoms with E-state index in [9.17, 15) is 0 Å². The second-order valence-corrected chi connectivity index (χ2v) is 2.87. The molecule has 0 aliphatic heterocycles. The number of nitrogens with zero attached hydrogens (tertiary/aromatic N) is 2. The summed E-state index contributed by atoms with van der Waals surface area (Å²) in [6, 6.07) is 0. The van der Waals surface area contributed by atoms with Gasteiger partial charge in [-0.1, -0.05) is 13.8 Å². The van der Waals surface area contributed by atoms with Crippen molar-refractivity contribution in [2.24, 2.45) is 0 Å². The summed E-state index contributed by atoms with van der Waals surface area (Å²) in [6.07, 6.45) is 3.43. The number of nitrogens with one attached hydrogen (secondary N) is 1. The lowest BCUT2D eigenvalue weighted by Gasteiger charge is -2.09. The van der Waals surface area contributed by atoms with Crippen molar-refractivity contribution in [2.75, 3.05) is 17.6 Å². The highest BCUT2D eigenvalue weighted by atomic mass is 15.0. The molecule has 0 aliphatic rings. The number of nitrogen functional groups attached to an aromatic ring is 1. The van der Waals surface area contributed by atoms with E-state index in [-0.39, 0.29) is 0 Å². The van der Waals surface area contributed by atoms with Crippen molar-refractivity contribution >= 4 is 11.6 Å². The lowest BCUT2D eigenvalue weighted by Crippen LogP contribution is -2.08. The Balaban J connectivity index is 2.85. The molecule has 3 N–H and O–H groups in total. The van der Waals surface area contributed by atoms with Gasteiger partial charge in [0.15, 0.2) is 0 Å². The lowest BCUT2D eigenvalue weighted by molar-refractivity contribution is 0.950. The average molecular weight is 180 g/mol. The minimum Gasteiger partial charge on any atom is -0.383 e. The normalized spacial score (nSPS) is 10.0. The van der Waals surface area contributed by atoms with E-state index in [1.165, 1.54) is 6.33 Å². The van der Waals surface area contributed by atoms with Gasteiger partial charge in [0, 0.05) is 12.1 Å². The number of hydrogen-bond acceptors (Lipinski definition) is 4. The third-order valence-electron chi connectivity index (χ3n) is 1.87. The zero-order chi connectivity index (χ0) is 9.68. The van der Waals surface area contributed by atoms with Gasteiger partial charge in [-0.2, -0.15) is 0 Å². The van der Waals surface area contributed by atoms with Crippen LogP contribution in [-0.2, 0) is 6.42 Å². The SMILES string of the molecule is CCCNc1ncnc(N)c1CC. The van der Waals surface area contributed by atoms with Crippen molar-refractivity contribution in [2.45, 2.75) is 26.7 Å². The molecule has 0 unspecified atom stereocenters. The first-order chi connectivity index (χ1) is 6.29. The number of hydrogen-bond donors (Lipinski definition) is 2. The largest absolute Gasteiger partial charge is 0.383 e. The van der Waals surface area contributed by atoms with Crippen LogP contribution in [0.2, 0.25) is 0 Å². The molecule has 0 atom stereocenters. The van der Waals surface area contributed by atoms with Gasteiger partial charge in [-0.25, -0.2) is 9.97 Å². The Bertz CT molecular complexity index is 272. The molecule has 1 heterocycles. The van der Waals surface area contributed by atoms with E-state index < -0.39 is 0 Å². The highest BCUT2D eigenvalue weighted by Gasteiger charge is 2.05. The molecule has 0 aliphatic carbocycles. The molecule has 0 spiro atoms. The highest BCUT2D eigenvalue weighted by Crippen LogP contribution is 2.16. The third kappa shape index (κ3) is 2.31. The predicted molar refractivity (Wildman–Crippen MR) is 54.6 cm³/mol. The molecule has 0 aromatic carbocycles. The van der Waals surface area contributed by atoms with Crippen LogP contribution in [0.4, 0.5) is 11.6 Å². The smallest absolute Gasteiger partial charge is 0.134 e. The lowest BCUT2D eigenvalue weighted by atomic mass is 10.2. The van der Waals surface area contributed by atoms with Gasteiger partial charge < -0.3 is 11.1 Å². The molecule has 0 saturated carbocycles. The zero-order valence-corrected chi connectivity index (χ0v) is 8.17. The summed E-state index contributed by atoms with van der Waals surface area (Å²) in [5.74, 6) is 1.45. The van der Waals surface area contributed by atoms with Gasteiger partial charge in [0.1, 0.15) is 18.0 Å². The maximum atomic E-state index is 5.71. The molecule has 13 heavy (non-hydrogen) atoms. The van der Waals surface area contributed by atoms with Crippen LogP contribution in [0.3, 0.4) is 0 Å².